The molecule has 0 fully saturated rings. The molecule has 5 rings (SSSR count). The van der Waals surface area contributed by atoms with E-state index in [4.69, 9.17) is 4.98 Å². The second-order valence-electron chi connectivity index (χ2n) is 8.58. The number of nitrogens with zero attached hydrogens (tertiary/aromatic N) is 4. The van der Waals surface area contributed by atoms with Gasteiger partial charge >= 0.3 is 0 Å². The number of pyridine rings is 1. The molecule has 1 aliphatic rings. The van der Waals surface area contributed by atoms with E-state index in [1.54, 1.807) is 6.20 Å². The molecular weight excluding hydrogens is 400 g/mol. The van der Waals surface area contributed by atoms with Crippen LogP contribution in [0.5, 0.6) is 0 Å². The lowest BCUT2D eigenvalue weighted by atomic mass is 10.1. The van der Waals surface area contributed by atoms with Crippen molar-refractivity contribution < 1.29 is 0 Å². The lowest BCUT2D eigenvalue weighted by molar-refractivity contribution is 0.279. The van der Waals surface area contributed by atoms with E-state index in [-0.39, 0.29) is 5.56 Å². The minimum atomic E-state index is -0.0202. The average molecular weight is 429 g/mol. The lowest BCUT2D eigenvalue weighted by Crippen LogP contribution is -2.27. The Morgan fingerprint density at radius 2 is 1.94 bits per heavy atom. The number of fused-ring (bicyclic) bond motifs is 2. The highest BCUT2D eigenvalue weighted by molar-refractivity contribution is 5.84. The minimum absolute atomic E-state index is 0.0202. The highest BCUT2D eigenvalue weighted by Gasteiger charge is 2.21. The zero-order valence-electron chi connectivity index (χ0n) is 18.6. The van der Waals surface area contributed by atoms with Crippen LogP contribution in [0.15, 0.2) is 53.6 Å². The van der Waals surface area contributed by atoms with Crippen molar-refractivity contribution in [2.45, 2.75) is 32.9 Å². The summed E-state index contributed by atoms with van der Waals surface area (Å²) in [6.07, 6.45) is 5.08. The van der Waals surface area contributed by atoms with Crippen LogP contribution in [0.2, 0.25) is 0 Å². The molecule has 1 aliphatic heterocycles. The number of nitrogens with one attached hydrogen (secondary N) is 2. The van der Waals surface area contributed by atoms with Gasteiger partial charge in [0.15, 0.2) is 0 Å². The van der Waals surface area contributed by atoms with E-state index in [9.17, 15) is 4.79 Å². The molecule has 0 aliphatic carbocycles. The Kier molecular flexibility index (Phi) is 5.49. The molecule has 0 atom stereocenters. The first-order chi connectivity index (χ1) is 15.6. The zero-order valence-corrected chi connectivity index (χ0v) is 18.6. The maximum absolute atomic E-state index is 12.9. The normalized spacial score (nSPS) is 14.3. The number of anilines is 1. The van der Waals surface area contributed by atoms with Crippen molar-refractivity contribution in [3.8, 4) is 0 Å². The Morgan fingerprint density at radius 1 is 1.09 bits per heavy atom. The van der Waals surface area contributed by atoms with Gasteiger partial charge in [-0.15, -0.1) is 0 Å². The minimum Gasteiger partial charge on any atom is -0.358 e. The molecule has 1 aromatic carbocycles. The van der Waals surface area contributed by atoms with Crippen LogP contribution in [0.1, 0.15) is 28.1 Å². The molecule has 3 aromatic heterocycles. The molecule has 2 N–H and O–H groups in total. The van der Waals surface area contributed by atoms with Gasteiger partial charge in [-0.2, -0.15) is 0 Å². The van der Waals surface area contributed by atoms with E-state index in [0.717, 1.165) is 42.9 Å². The maximum Gasteiger partial charge on any atom is 0.255 e. The van der Waals surface area contributed by atoms with Crippen LogP contribution in [0.4, 0.5) is 5.95 Å². The summed E-state index contributed by atoms with van der Waals surface area (Å²) in [6, 6.07) is 12.4. The summed E-state index contributed by atoms with van der Waals surface area (Å²) in [5, 5.41) is 1.28. The van der Waals surface area contributed by atoms with Gasteiger partial charge in [0.2, 0.25) is 5.95 Å². The average Bonchev–Trinajstić information content (AvgIpc) is 2.97. The van der Waals surface area contributed by atoms with Gasteiger partial charge in [-0.25, -0.2) is 4.98 Å². The van der Waals surface area contributed by atoms with Gasteiger partial charge in [0, 0.05) is 74.2 Å². The monoisotopic (exact) mass is 428 g/mol. The van der Waals surface area contributed by atoms with Gasteiger partial charge in [0.25, 0.3) is 5.56 Å². The SMILES string of the molecule is Cc1[nH]c2ccccc2c1CN1CCc2nc(N(C)Cc3cccnc3)[nH]c(=O)c2CC1. The number of aryl methyl sites for hydroxylation is 1. The highest BCUT2D eigenvalue weighted by atomic mass is 16.1. The molecular formula is C25H28N6O. The van der Waals surface area contributed by atoms with Crippen LogP contribution in [-0.4, -0.2) is 45.0 Å². The standard InChI is InChI=1S/C25H28N6O/c1-17-21(19-7-3-4-8-22(19)27-17)16-31-12-9-20-23(10-13-31)28-25(29-24(20)32)30(2)15-18-6-5-11-26-14-18/h3-8,11,14,27H,9-10,12-13,15-16H2,1-2H3,(H,28,29,32). The quantitative estimate of drug-likeness (QED) is 0.510. The third-order valence-electron chi connectivity index (χ3n) is 6.34. The molecule has 0 saturated carbocycles. The van der Waals surface area contributed by atoms with Crippen molar-refractivity contribution in [2.75, 3.05) is 25.0 Å². The fourth-order valence-corrected chi connectivity index (χ4v) is 4.58. The van der Waals surface area contributed by atoms with Gasteiger partial charge in [-0.05, 0) is 36.6 Å². The number of hydrogen-bond donors (Lipinski definition) is 2. The van der Waals surface area contributed by atoms with Crippen LogP contribution < -0.4 is 10.5 Å². The third-order valence-corrected chi connectivity index (χ3v) is 6.34. The van der Waals surface area contributed by atoms with Crippen molar-refractivity contribution in [3.05, 3.63) is 87.2 Å². The summed E-state index contributed by atoms with van der Waals surface area (Å²) in [5.41, 5.74) is 6.52. The van der Waals surface area contributed by atoms with Crippen molar-refractivity contribution in [3.63, 3.8) is 0 Å². The molecule has 164 valence electrons. The van der Waals surface area contributed by atoms with Crippen LogP contribution in [0.25, 0.3) is 10.9 Å². The number of H-pyrrole nitrogens is 2. The van der Waals surface area contributed by atoms with E-state index in [2.05, 4.69) is 51.0 Å². The third kappa shape index (κ3) is 4.03. The predicted octanol–water partition coefficient (Wildman–Crippen LogP) is 3.19. The van der Waals surface area contributed by atoms with Crippen LogP contribution in [-0.2, 0) is 25.9 Å². The van der Waals surface area contributed by atoms with Crippen molar-refractivity contribution >= 4 is 16.9 Å². The van der Waals surface area contributed by atoms with Crippen LogP contribution in [0.3, 0.4) is 0 Å². The van der Waals surface area contributed by atoms with Gasteiger partial charge in [-0.1, -0.05) is 24.3 Å². The molecule has 4 aromatic rings. The molecule has 0 saturated heterocycles. The lowest BCUT2D eigenvalue weighted by Gasteiger charge is -2.20. The Balaban J connectivity index is 1.34. The largest absolute Gasteiger partial charge is 0.358 e. The highest BCUT2D eigenvalue weighted by Crippen LogP contribution is 2.24. The van der Waals surface area contributed by atoms with Crippen LogP contribution in [0, 0.1) is 6.92 Å². The van der Waals surface area contributed by atoms with Gasteiger partial charge < -0.3 is 9.88 Å². The molecule has 0 unspecified atom stereocenters. The summed E-state index contributed by atoms with van der Waals surface area (Å²) in [7, 11) is 1.94. The Morgan fingerprint density at radius 3 is 2.78 bits per heavy atom. The smallest absolute Gasteiger partial charge is 0.255 e. The fourth-order valence-electron chi connectivity index (χ4n) is 4.58. The molecule has 0 radical (unpaired) electrons. The summed E-state index contributed by atoms with van der Waals surface area (Å²) >= 11 is 0. The maximum atomic E-state index is 12.9. The summed E-state index contributed by atoms with van der Waals surface area (Å²) in [5.74, 6) is 0.610. The van der Waals surface area contributed by atoms with Crippen molar-refractivity contribution in [1.29, 1.82) is 0 Å². The predicted molar refractivity (Wildman–Crippen MR) is 127 cm³/mol. The number of hydrogen-bond acceptors (Lipinski definition) is 5. The molecule has 0 amide bonds. The van der Waals surface area contributed by atoms with Crippen molar-refractivity contribution in [2.24, 2.45) is 0 Å². The number of benzene rings is 1. The zero-order chi connectivity index (χ0) is 22.1. The topological polar surface area (TPSA) is 80.9 Å². The van der Waals surface area contributed by atoms with E-state index in [1.807, 2.05) is 30.3 Å². The first-order valence-corrected chi connectivity index (χ1v) is 11.1. The number of para-hydroxylation sites is 1. The second-order valence-corrected chi connectivity index (χ2v) is 8.58. The molecule has 0 spiro atoms. The number of aromatic nitrogens is 4. The Bertz CT molecular complexity index is 1290. The van der Waals surface area contributed by atoms with Gasteiger partial charge in [0.05, 0.1) is 5.69 Å². The molecule has 32 heavy (non-hydrogen) atoms. The Hall–Kier alpha value is -3.45. The fraction of sp³-hybridized carbons (Fsp3) is 0.320. The second kappa shape index (κ2) is 8.59. The van der Waals surface area contributed by atoms with E-state index < -0.39 is 0 Å². The summed E-state index contributed by atoms with van der Waals surface area (Å²) < 4.78 is 0. The number of aromatic amines is 2. The molecule has 4 heterocycles. The van der Waals surface area contributed by atoms with Crippen molar-refractivity contribution in [1.82, 2.24) is 24.8 Å². The molecule has 0 bridgehead atoms. The Labute approximate surface area is 187 Å². The molecule has 7 nitrogen and oxygen atoms in total. The summed E-state index contributed by atoms with van der Waals surface area (Å²) in [4.78, 5) is 32.8. The van der Waals surface area contributed by atoms with Crippen LogP contribution >= 0.6 is 0 Å². The van der Waals surface area contributed by atoms with E-state index in [1.165, 1.54) is 22.2 Å². The van der Waals surface area contributed by atoms with Gasteiger partial charge in [0.1, 0.15) is 0 Å². The number of rotatable bonds is 5. The molecule has 7 heteroatoms. The van der Waals surface area contributed by atoms with E-state index >= 15 is 0 Å². The first kappa shape index (κ1) is 20.5. The first-order valence-electron chi connectivity index (χ1n) is 11.1. The van der Waals surface area contributed by atoms with Gasteiger partial charge in [-0.3, -0.25) is 19.7 Å². The van der Waals surface area contributed by atoms with E-state index in [0.29, 0.717) is 18.9 Å². The summed E-state index contributed by atoms with van der Waals surface area (Å²) in [6.45, 7) is 5.38.